The maximum Gasteiger partial charge on any atom is 0.207 e. The molecule has 0 unspecified atom stereocenters. The molecule has 0 radical (unpaired) electrons. The lowest BCUT2D eigenvalue weighted by atomic mass is 10.4. The molecule has 0 atom stereocenters. The number of nitrogens with two attached hydrogens (primary N) is 1. The van der Waals surface area contributed by atoms with E-state index in [9.17, 15) is 0 Å². The van der Waals surface area contributed by atoms with Crippen LogP contribution in [-0.2, 0) is 0 Å². The smallest absolute Gasteiger partial charge is 0.207 e. The molecule has 0 aromatic carbocycles. The summed E-state index contributed by atoms with van der Waals surface area (Å²) in [6.07, 6.45) is 2.71. The van der Waals surface area contributed by atoms with E-state index >= 15 is 0 Å². The summed E-state index contributed by atoms with van der Waals surface area (Å²) in [7, 11) is 3.74. The highest BCUT2D eigenvalue weighted by Gasteiger charge is 2.23. The topological polar surface area (TPSA) is 53.6 Å². The van der Waals surface area contributed by atoms with Crippen molar-refractivity contribution in [3.63, 3.8) is 0 Å². The lowest BCUT2D eigenvalue weighted by molar-refractivity contribution is 0.457. The van der Waals surface area contributed by atoms with Gasteiger partial charge in [-0.15, -0.1) is 0 Å². The Morgan fingerprint density at radius 3 is 2.73 bits per heavy atom. The molecule has 4 heteroatoms. The van der Waals surface area contributed by atoms with Crippen molar-refractivity contribution in [2.45, 2.75) is 12.8 Å². The summed E-state index contributed by atoms with van der Waals surface area (Å²) in [4.78, 5) is 6.05. The van der Waals surface area contributed by atoms with E-state index in [2.05, 4.69) is 15.3 Å². The molecule has 0 saturated heterocycles. The molecule has 0 amide bonds. The standard InChI is InChI=1S/C7H16N4/c1-9-7(10-8)11(2)5-6-3-4-6/h6H,3-5,8H2,1-2H3,(H,9,10). The van der Waals surface area contributed by atoms with Crippen molar-refractivity contribution in [2.75, 3.05) is 20.6 Å². The van der Waals surface area contributed by atoms with Crippen molar-refractivity contribution in [3.8, 4) is 0 Å². The molecule has 1 rings (SSSR count). The minimum absolute atomic E-state index is 0.761. The van der Waals surface area contributed by atoms with Gasteiger partial charge in [-0.25, -0.2) is 5.84 Å². The van der Waals surface area contributed by atoms with E-state index in [0.717, 1.165) is 18.4 Å². The zero-order chi connectivity index (χ0) is 8.27. The Kier molecular flexibility index (Phi) is 2.70. The second kappa shape index (κ2) is 3.57. The van der Waals surface area contributed by atoms with Gasteiger partial charge in [-0.3, -0.25) is 10.4 Å². The van der Waals surface area contributed by atoms with Crippen LogP contribution in [0.3, 0.4) is 0 Å². The predicted molar refractivity (Wildman–Crippen MR) is 46.0 cm³/mol. The van der Waals surface area contributed by atoms with Crippen molar-refractivity contribution in [1.82, 2.24) is 10.3 Å². The summed E-state index contributed by atoms with van der Waals surface area (Å²) in [5.74, 6) is 6.88. The average Bonchev–Trinajstić information content (AvgIpc) is 2.74. The normalized spacial score (nSPS) is 18.3. The van der Waals surface area contributed by atoms with E-state index in [1.54, 1.807) is 7.05 Å². The second-order valence-corrected chi connectivity index (χ2v) is 3.02. The molecule has 0 aromatic heterocycles. The molecular formula is C7H16N4. The highest BCUT2D eigenvalue weighted by atomic mass is 15.4. The van der Waals surface area contributed by atoms with E-state index in [1.807, 2.05) is 7.05 Å². The zero-order valence-electron chi connectivity index (χ0n) is 7.17. The maximum absolute atomic E-state index is 5.26. The first-order chi connectivity index (χ1) is 5.27. The van der Waals surface area contributed by atoms with Gasteiger partial charge in [-0.2, -0.15) is 0 Å². The molecule has 0 aromatic rings. The van der Waals surface area contributed by atoms with Gasteiger partial charge < -0.3 is 4.90 Å². The molecule has 1 fully saturated rings. The third-order valence-electron chi connectivity index (χ3n) is 1.93. The lowest BCUT2D eigenvalue weighted by Gasteiger charge is -2.19. The highest BCUT2D eigenvalue weighted by Crippen LogP contribution is 2.29. The molecule has 0 spiro atoms. The van der Waals surface area contributed by atoms with Crippen LogP contribution in [-0.4, -0.2) is 31.5 Å². The maximum atomic E-state index is 5.26. The van der Waals surface area contributed by atoms with Gasteiger partial charge in [0.15, 0.2) is 0 Å². The summed E-state index contributed by atoms with van der Waals surface area (Å²) in [6.45, 7) is 1.07. The van der Waals surface area contributed by atoms with E-state index in [0.29, 0.717) is 0 Å². The lowest BCUT2D eigenvalue weighted by Crippen LogP contribution is -2.43. The molecule has 11 heavy (non-hydrogen) atoms. The van der Waals surface area contributed by atoms with Crippen LogP contribution in [0.2, 0.25) is 0 Å². The van der Waals surface area contributed by atoms with Crippen LogP contribution >= 0.6 is 0 Å². The monoisotopic (exact) mass is 156 g/mol. The molecule has 1 aliphatic rings. The number of hydrazine groups is 1. The van der Waals surface area contributed by atoms with Crippen LogP contribution in [0.1, 0.15) is 12.8 Å². The number of guanidine groups is 1. The van der Waals surface area contributed by atoms with Crippen LogP contribution in [0.25, 0.3) is 0 Å². The fourth-order valence-corrected chi connectivity index (χ4v) is 1.12. The number of hydrogen-bond donors (Lipinski definition) is 2. The molecule has 64 valence electrons. The highest BCUT2D eigenvalue weighted by molar-refractivity contribution is 5.78. The quantitative estimate of drug-likeness (QED) is 0.251. The van der Waals surface area contributed by atoms with Gasteiger partial charge in [-0.1, -0.05) is 0 Å². The Bertz CT molecular complexity index is 151. The summed E-state index contributed by atoms with van der Waals surface area (Å²) in [6, 6.07) is 0. The molecule has 0 aliphatic heterocycles. The Labute approximate surface area is 67.4 Å². The molecule has 0 heterocycles. The van der Waals surface area contributed by atoms with E-state index in [4.69, 9.17) is 5.84 Å². The van der Waals surface area contributed by atoms with Crippen molar-refractivity contribution in [2.24, 2.45) is 16.8 Å². The first-order valence-electron chi connectivity index (χ1n) is 3.92. The van der Waals surface area contributed by atoms with E-state index in [1.165, 1.54) is 12.8 Å². The van der Waals surface area contributed by atoms with Crippen molar-refractivity contribution in [1.29, 1.82) is 0 Å². The molecule has 0 bridgehead atoms. The van der Waals surface area contributed by atoms with Gasteiger partial charge in [0.1, 0.15) is 0 Å². The van der Waals surface area contributed by atoms with Gasteiger partial charge in [0.2, 0.25) is 5.96 Å². The summed E-state index contributed by atoms with van der Waals surface area (Å²) in [5.41, 5.74) is 2.56. The Morgan fingerprint density at radius 2 is 2.36 bits per heavy atom. The first-order valence-corrected chi connectivity index (χ1v) is 3.92. The van der Waals surface area contributed by atoms with Crippen LogP contribution in [0.5, 0.6) is 0 Å². The molecule has 1 saturated carbocycles. The van der Waals surface area contributed by atoms with Gasteiger partial charge in [-0.05, 0) is 18.8 Å². The first kappa shape index (κ1) is 8.33. The molecule has 4 nitrogen and oxygen atoms in total. The molecular weight excluding hydrogens is 140 g/mol. The SMILES string of the molecule is CN=C(NN)N(C)CC1CC1. The second-order valence-electron chi connectivity index (χ2n) is 3.02. The fourth-order valence-electron chi connectivity index (χ4n) is 1.12. The zero-order valence-corrected chi connectivity index (χ0v) is 7.17. The largest absolute Gasteiger partial charge is 0.345 e. The third kappa shape index (κ3) is 2.38. The van der Waals surface area contributed by atoms with E-state index < -0.39 is 0 Å². The number of nitrogens with one attached hydrogen (secondary N) is 1. The number of nitrogens with zero attached hydrogens (tertiary/aromatic N) is 2. The summed E-state index contributed by atoms with van der Waals surface area (Å²) in [5, 5.41) is 0. The Morgan fingerprint density at radius 1 is 1.73 bits per heavy atom. The predicted octanol–water partition coefficient (Wildman–Crippen LogP) is -0.223. The minimum Gasteiger partial charge on any atom is -0.345 e. The number of hydrogen-bond acceptors (Lipinski definition) is 2. The minimum atomic E-state index is 0.761. The van der Waals surface area contributed by atoms with Gasteiger partial charge in [0.25, 0.3) is 0 Å². The van der Waals surface area contributed by atoms with Gasteiger partial charge >= 0.3 is 0 Å². The van der Waals surface area contributed by atoms with Crippen molar-refractivity contribution in [3.05, 3.63) is 0 Å². The number of rotatable bonds is 2. The van der Waals surface area contributed by atoms with Gasteiger partial charge in [0, 0.05) is 20.6 Å². The van der Waals surface area contributed by atoms with Crippen molar-refractivity contribution < 1.29 is 0 Å². The summed E-state index contributed by atoms with van der Waals surface area (Å²) < 4.78 is 0. The van der Waals surface area contributed by atoms with Crippen LogP contribution in [0.4, 0.5) is 0 Å². The molecule has 3 N–H and O–H groups in total. The fraction of sp³-hybridized carbons (Fsp3) is 0.857. The van der Waals surface area contributed by atoms with Crippen molar-refractivity contribution >= 4 is 5.96 Å². The average molecular weight is 156 g/mol. The Balaban J connectivity index is 2.30. The summed E-state index contributed by atoms with van der Waals surface area (Å²) >= 11 is 0. The van der Waals surface area contributed by atoms with E-state index in [-0.39, 0.29) is 0 Å². The third-order valence-corrected chi connectivity index (χ3v) is 1.93. The van der Waals surface area contributed by atoms with Crippen LogP contribution < -0.4 is 11.3 Å². The van der Waals surface area contributed by atoms with Crippen LogP contribution in [0, 0.1) is 5.92 Å². The van der Waals surface area contributed by atoms with Crippen LogP contribution in [0.15, 0.2) is 4.99 Å². The molecule has 1 aliphatic carbocycles. The Hall–Kier alpha value is -0.770. The van der Waals surface area contributed by atoms with Gasteiger partial charge in [0.05, 0.1) is 0 Å². The number of aliphatic imine (C=N–C) groups is 1.